The molecule has 1 aromatic heterocycles. The standard InChI is InChI=1S/C38H40N6O12S/c1-22-32-31(23(2)46)36(48)42(32)33(37(49)55-20-24-6-10-27(11-7-24)43(51)52)34(22)57-29-17-30(35(47)40(15-16-45)18-26-5-3-4-14-39-26)41(19-29)38(50)56-21-25-8-12-28(13-9-25)44(53)54/h3-14,22-23,29-32,45-46H,15-21H2,1-2H3/t22-,23-,29+,30+,31-,32-/m1/s1. The predicted octanol–water partition coefficient (Wildman–Crippen LogP) is 3.54. The summed E-state index contributed by atoms with van der Waals surface area (Å²) >= 11 is 1.22. The molecule has 0 saturated carbocycles. The average Bonchev–Trinajstić information content (AvgIpc) is 3.72. The summed E-state index contributed by atoms with van der Waals surface area (Å²) in [5, 5.41) is 42.1. The molecule has 0 spiro atoms. The molecule has 0 aliphatic carbocycles. The third-order valence-electron chi connectivity index (χ3n) is 10.2. The van der Waals surface area contributed by atoms with Crippen LogP contribution in [-0.4, -0.2) is 107 Å². The van der Waals surface area contributed by atoms with Gasteiger partial charge in [-0.3, -0.25) is 39.7 Å². The van der Waals surface area contributed by atoms with Crippen LogP contribution in [0.3, 0.4) is 0 Å². The lowest BCUT2D eigenvalue weighted by molar-refractivity contribution is -0.385. The topological polar surface area (TPSA) is 236 Å². The highest BCUT2D eigenvalue weighted by molar-refractivity contribution is 8.03. The van der Waals surface area contributed by atoms with Crippen LogP contribution in [0, 0.1) is 32.1 Å². The molecule has 3 aliphatic rings. The molecule has 2 saturated heterocycles. The first-order chi connectivity index (χ1) is 27.3. The Balaban J connectivity index is 1.26. The van der Waals surface area contributed by atoms with Gasteiger partial charge in [0.05, 0.1) is 46.8 Å². The van der Waals surface area contributed by atoms with E-state index >= 15 is 0 Å². The predicted molar refractivity (Wildman–Crippen MR) is 201 cm³/mol. The van der Waals surface area contributed by atoms with Gasteiger partial charge in [-0.05, 0) is 60.9 Å². The fourth-order valence-electron chi connectivity index (χ4n) is 7.33. The smallest absolute Gasteiger partial charge is 0.410 e. The van der Waals surface area contributed by atoms with Crippen molar-refractivity contribution in [2.24, 2.45) is 11.8 Å². The molecule has 3 aromatic rings. The number of rotatable bonds is 15. The monoisotopic (exact) mass is 804 g/mol. The molecule has 3 amide bonds. The number of nitro benzene ring substituents is 2. The zero-order valence-corrected chi connectivity index (χ0v) is 31.7. The molecule has 3 aliphatic heterocycles. The van der Waals surface area contributed by atoms with Crippen LogP contribution >= 0.6 is 11.8 Å². The number of pyridine rings is 1. The number of aliphatic hydroxyl groups is 2. The summed E-state index contributed by atoms with van der Waals surface area (Å²) in [5.41, 5.74) is 1.22. The summed E-state index contributed by atoms with van der Waals surface area (Å²) in [4.78, 5) is 85.1. The molecule has 6 atom stereocenters. The molecule has 300 valence electrons. The number of nitro groups is 2. The quantitative estimate of drug-likeness (QED) is 0.0968. The Bertz CT molecular complexity index is 2050. The number of aromatic nitrogens is 1. The lowest BCUT2D eigenvalue weighted by Crippen LogP contribution is -2.63. The summed E-state index contributed by atoms with van der Waals surface area (Å²) in [7, 11) is 0. The van der Waals surface area contributed by atoms with E-state index in [9.17, 15) is 49.6 Å². The maximum Gasteiger partial charge on any atom is 0.410 e. The Hall–Kier alpha value is -5.92. The number of carbonyl (C=O) groups excluding carboxylic acids is 4. The van der Waals surface area contributed by atoms with Gasteiger partial charge < -0.3 is 29.5 Å². The third kappa shape index (κ3) is 8.74. The van der Waals surface area contributed by atoms with Gasteiger partial charge in [0.1, 0.15) is 25.0 Å². The van der Waals surface area contributed by atoms with E-state index in [1.807, 2.05) is 6.92 Å². The lowest BCUT2D eigenvalue weighted by atomic mass is 9.79. The summed E-state index contributed by atoms with van der Waals surface area (Å²) in [5.74, 6) is -2.98. The normalized spacial score (nSPS) is 21.8. The lowest BCUT2D eigenvalue weighted by Gasteiger charge is -2.46. The molecular formula is C38H40N6O12S. The summed E-state index contributed by atoms with van der Waals surface area (Å²) in [6, 6.07) is 14.5. The van der Waals surface area contributed by atoms with Gasteiger partial charge >= 0.3 is 12.1 Å². The number of ether oxygens (including phenoxy) is 2. The maximum absolute atomic E-state index is 14.3. The van der Waals surface area contributed by atoms with Crippen LogP contribution in [0.2, 0.25) is 0 Å². The molecule has 19 heteroatoms. The zero-order chi connectivity index (χ0) is 41.0. The van der Waals surface area contributed by atoms with Gasteiger partial charge in [-0.25, -0.2) is 9.59 Å². The van der Waals surface area contributed by atoms with E-state index in [0.717, 1.165) is 0 Å². The Morgan fingerprint density at radius 1 is 0.982 bits per heavy atom. The zero-order valence-electron chi connectivity index (χ0n) is 30.9. The van der Waals surface area contributed by atoms with E-state index in [1.54, 1.807) is 24.4 Å². The molecule has 57 heavy (non-hydrogen) atoms. The Morgan fingerprint density at radius 2 is 1.60 bits per heavy atom. The average molecular weight is 805 g/mol. The van der Waals surface area contributed by atoms with Crippen LogP contribution in [-0.2, 0) is 43.6 Å². The second-order valence-electron chi connectivity index (χ2n) is 13.9. The third-order valence-corrected chi connectivity index (χ3v) is 11.7. The maximum atomic E-state index is 14.3. The van der Waals surface area contributed by atoms with Crippen molar-refractivity contribution in [2.75, 3.05) is 19.7 Å². The van der Waals surface area contributed by atoms with Crippen LogP contribution < -0.4 is 0 Å². The SMILES string of the molecule is C[C@@H](O)[C@H]1C(=O)N2C(C(=O)OCc3ccc([N+](=O)[O-])cc3)=C(S[C@H]3C[C@@H](C(=O)N(CCO)Cc4ccccn4)N(C(=O)OCc4ccc([N+](=O)[O-])cc4)C3)[C@H](C)[C@H]12. The largest absolute Gasteiger partial charge is 0.456 e. The molecule has 0 radical (unpaired) electrons. The summed E-state index contributed by atoms with van der Waals surface area (Å²) in [6.45, 7) is 2.45. The molecule has 2 N–H and O–H groups in total. The van der Waals surface area contributed by atoms with Crippen LogP contribution in [0.15, 0.2) is 83.5 Å². The Kier molecular flexibility index (Phi) is 12.5. The summed E-state index contributed by atoms with van der Waals surface area (Å²) < 4.78 is 11.2. The van der Waals surface area contributed by atoms with Crippen LogP contribution in [0.25, 0.3) is 0 Å². The van der Waals surface area contributed by atoms with Crippen LogP contribution in [0.1, 0.15) is 37.1 Å². The summed E-state index contributed by atoms with van der Waals surface area (Å²) in [6.07, 6.45) is -0.169. The number of esters is 1. The number of thioether (sulfide) groups is 1. The highest BCUT2D eigenvalue weighted by atomic mass is 32.2. The minimum absolute atomic E-state index is 0.0135. The molecule has 4 heterocycles. The first kappa shape index (κ1) is 40.7. The molecule has 2 aromatic carbocycles. The molecule has 6 rings (SSSR count). The molecule has 0 bridgehead atoms. The van der Waals surface area contributed by atoms with Gasteiger partial charge in [-0.2, -0.15) is 0 Å². The highest BCUT2D eigenvalue weighted by Gasteiger charge is 2.60. The Morgan fingerprint density at radius 3 is 2.14 bits per heavy atom. The van der Waals surface area contributed by atoms with Gasteiger partial charge in [0.15, 0.2) is 0 Å². The van der Waals surface area contributed by atoms with Crippen molar-refractivity contribution >= 4 is 47.0 Å². The minimum Gasteiger partial charge on any atom is -0.456 e. The van der Waals surface area contributed by atoms with Crippen molar-refractivity contribution in [1.82, 2.24) is 19.7 Å². The number of carbonyl (C=O) groups is 4. The van der Waals surface area contributed by atoms with Crippen molar-refractivity contribution in [3.05, 3.63) is 121 Å². The molecule has 0 unspecified atom stereocenters. The van der Waals surface area contributed by atoms with E-state index in [0.29, 0.717) is 21.7 Å². The van der Waals surface area contributed by atoms with Crippen LogP contribution in [0.4, 0.5) is 16.2 Å². The van der Waals surface area contributed by atoms with Crippen molar-refractivity contribution in [3.8, 4) is 0 Å². The van der Waals surface area contributed by atoms with Crippen molar-refractivity contribution in [1.29, 1.82) is 0 Å². The van der Waals surface area contributed by atoms with Gasteiger partial charge in [-0.15, -0.1) is 11.8 Å². The van der Waals surface area contributed by atoms with E-state index in [2.05, 4.69) is 4.98 Å². The van der Waals surface area contributed by atoms with Gasteiger partial charge in [-0.1, -0.05) is 13.0 Å². The fraction of sp³-hybridized carbons (Fsp3) is 0.395. The van der Waals surface area contributed by atoms with E-state index in [1.165, 1.54) is 81.9 Å². The van der Waals surface area contributed by atoms with Crippen LogP contribution in [0.5, 0.6) is 0 Å². The van der Waals surface area contributed by atoms with E-state index in [-0.39, 0.29) is 62.9 Å². The van der Waals surface area contributed by atoms with Gasteiger partial charge in [0, 0.05) is 59.6 Å². The number of β-lactam (4-membered cyclic amide) rings is 1. The molecule has 18 nitrogen and oxygen atoms in total. The first-order valence-electron chi connectivity index (χ1n) is 18.1. The number of amides is 3. The number of fused-ring (bicyclic) bond motifs is 1. The second kappa shape index (κ2) is 17.5. The van der Waals surface area contributed by atoms with E-state index in [4.69, 9.17) is 9.47 Å². The number of aliphatic hydroxyl groups excluding tert-OH is 2. The number of nitrogens with zero attached hydrogens (tertiary/aromatic N) is 6. The number of likely N-dealkylation sites (tertiary alicyclic amines) is 1. The second-order valence-corrected chi connectivity index (χ2v) is 15.2. The Labute approximate surface area is 330 Å². The number of benzene rings is 2. The number of hydrogen-bond donors (Lipinski definition) is 2. The van der Waals surface area contributed by atoms with E-state index < -0.39 is 69.0 Å². The fourth-order valence-corrected chi connectivity index (χ4v) is 8.85. The minimum atomic E-state index is -1.07. The molecular weight excluding hydrogens is 765 g/mol. The van der Waals surface area contributed by atoms with Crippen molar-refractivity contribution < 1.29 is 48.7 Å². The van der Waals surface area contributed by atoms with Gasteiger partial charge in [0.25, 0.3) is 11.4 Å². The number of non-ortho nitro benzene ring substituents is 2. The van der Waals surface area contributed by atoms with Crippen molar-refractivity contribution in [2.45, 2.75) is 63.5 Å². The first-order valence-corrected chi connectivity index (χ1v) is 19.0. The number of hydrogen-bond acceptors (Lipinski definition) is 14. The van der Waals surface area contributed by atoms with Gasteiger partial charge in [0.2, 0.25) is 11.8 Å². The molecule has 2 fully saturated rings. The highest BCUT2D eigenvalue weighted by Crippen LogP contribution is 2.52. The van der Waals surface area contributed by atoms with Crippen molar-refractivity contribution in [3.63, 3.8) is 0 Å².